The van der Waals surface area contributed by atoms with E-state index in [4.69, 9.17) is 14.7 Å². The summed E-state index contributed by atoms with van der Waals surface area (Å²) >= 11 is 0. The highest BCUT2D eigenvalue weighted by Crippen LogP contribution is 2.34. The van der Waals surface area contributed by atoms with Crippen LogP contribution in [0.1, 0.15) is 52.3 Å². The van der Waals surface area contributed by atoms with Gasteiger partial charge in [0.1, 0.15) is 17.5 Å². The van der Waals surface area contributed by atoms with Gasteiger partial charge in [-0.15, -0.1) is 0 Å². The van der Waals surface area contributed by atoms with Crippen molar-refractivity contribution in [3.63, 3.8) is 0 Å². The molecule has 2 fully saturated rings. The number of aromatic nitrogens is 3. The predicted molar refractivity (Wildman–Crippen MR) is 163 cm³/mol. The van der Waals surface area contributed by atoms with Gasteiger partial charge in [-0.25, -0.2) is 14.8 Å². The van der Waals surface area contributed by atoms with Crippen molar-refractivity contribution in [2.45, 2.75) is 45.0 Å². The lowest BCUT2D eigenvalue weighted by Crippen LogP contribution is -2.46. The fraction of sp³-hybridized carbons (Fsp3) is 0.394. The van der Waals surface area contributed by atoms with Gasteiger partial charge in [-0.3, -0.25) is 4.90 Å². The summed E-state index contributed by atoms with van der Waals surface area (Å²) in [5.74, 6) is 1.99. The second-order valence-corrected chi connectivity index (χ2v) is 11.7. The quantitative estimate of drug-likeness (QED) is 0.345. The number of anilines is 2. The van der Waals surface area contributed by atoms with Crippen molar-refractivity contribution in [2.24, 2.45) is 0 Å². The Morgan fingerprint density at radius 1 is 1.05 bits per heavy atom. The third-order valence-electron chi connectivity index (χ3n) is 9.14. The molecule has 2 aromatic heterocycles. The summed E-state index contributed by atoms with van der Waals surface area (Å²) in [4.78, 5) is 28.8. The Labute approximate surface area is 250 Å². The van der Waals surface area contributed by atoms with Crippen molar-refractivity contribution in [2.75, 3.05) is 49.1 Å². The lowest BCUT2D eigenvalue weighted by atomic mass is 9.92. The molecule has 0 unspecified atom stereocenters. The normalized spacial score (nSPS) is 20.5. The van der Waals surface area contributed by atoms with Crippen LogP contribution in [-0.4, -0.2) is 75.9 Å². The lowest BCUT2D eigenvalue weighted by Gasteiger charge is -2.38. The number of piperazine rings is 1. The van der Waals surface area contributed by atoms with E-state index in [1.54, 1.807) is 12.1 Å². The minimum Gasteiger partial charge on any atom is -0.478 e. The molecule has 0 bridgehead atoms. The monoisotopic (exact) mass is 577 g/mol. The standard InChI is InChI=1S/C33H35N7O3/c1-22-27-7-5-23(19-34)17-24(27)9-11-39(22)31-4-2-3-30(36-31)38-14-12-37(13-15-38)21-32-35-28-8-6-25(33(41)42)18-29(28)40(32)20-26-10-16-43-26/h2-8,17-18,22,26H,9-16,20-21H2,1H3,(H,41,42)/t22-,26+/m1/s1. The molecule has 3 aliphatic rings. The van der Waals surface area contributed by atoms with Crippen LogP contribution in [0, 0.1) is 11.3 Å². The molecule has 10 heteroatoms. The summed E-state index contributed by atoms with van der Waals surface area (Å²) in [7, 11) is 0. The number of rotatable bonds is 7. The summed E-state index contributed by atoms with van der Waals surface area (Å²) in [6, 6.07) is 19.9. The minimum absolute atomic E-state index is 0.144. The van der Waals surface area contributed by atoms with Gasteiger partial charge in [0.25, 0.3) is 0 Å². The summed E-state index contributed by atoms with van der Waals surface area (Å²) < 4.78 is 7.87. The maximum Gasteiger partial charge on any atom is 0.335 e. The van der Waals surface area contributed by atoms with E-state index in [1.165, 1.54) is 11.1 Å². The second kappa shape index (κ2) is 11.3. The average molecular weight is 578 g/mol. The Morgan fingerprint density at radius 3 is 2.60 bits per heavy atom. The number of fused-ring (bicyclic) bond motifs is 2. The van der Waals surface area contributed by atoms with Gasteiger partial charge in [-0.2, -0.15) is 5.26 Å². The molecule has 0 saturated carbocycles. The number of imidazole rings is 1. The van der Waals surface area contributed by atoms with Crippen molar-refractivity contribution in [3.8, 4) is 6.07 Å². The molecule has 0 amide bonds. The maximum atomic E-state index is 11.6. The topological polar surface area (TPSA) is 111 Å². The van der Waals surface area contributed by atoms with Gasteiger partial charge in [0, 0.05) is 39.3 Å². The number of carboxylic acid groups (broad SMARTS) is 1. The van der Waals surface area contributed by atoms with Crippen LogP contribution in [0.2, 0.25) is 0 Å². The van der Waals surface area contributed by atoms with Gasteiger partial charge in [0.05, 0.1) is 53.5 Å². The van der Waals surface area contributed by atoms with E-state index in [0.29, 0.717) is 13.1 Å². The number of nitrogens with zero attached hydrogens (tertiary/aromatic N) is 7. The Hall–Kier alpha value is -4.46. The average Bonchev–Trinajstić information content (AvgIpc) is 3.35. The summed E-state index contributed by atoms with van der Waals surface area (Å²) in [5.41, 5.74) is 5.18. The molecule has 1 N–H and O–H groups in total. The Morgan fingerprint density at radius 2 is 1.86 bits per heavy atom. The van der Waals surface area contributed by atoms with Crippen LogP contribution in [-0.2, 0) is 24.2 Å². The van der Waals surface area contributed by atoms with E-state index in [1.807, 2.05) is 18.2 Å². The van der Waals surface area contributed by atoms with Crippen LogP contribution in [0.3, 0.4) is 0 Å². The number of benzene rings is 2. The van der Waals surface area contributed by atoms with E-state index in [2.05, 4.69) is 56.5 Å². The summed E-state index contributed by atoms with van der Waals surface area (Å²) in [6.07, 6.45) is 2.05. The lowest BCUT2D eigenvalue weighted by molar-refractivity contribution is -0.0592. The number of aromatic carboxylic acids is 1. The van der Waals surface area contributed by atoms with Crippen molar-refractivity contribution in [1.29, 1.82) is 5.26 Å². The van der Waals surface area contributed by atoms with E-state index >= 15 is 0 Å². The third-order valence-corrected chi connectivity index (χ3v) is 9.14. The van der Waals surface area contributed by atoms with E-state index in [-0.39, 0.29) is 17.7 Å². The highest BCUT2D eigenvalue weighted by molar-refractivity contribution is 5.92. The number of nitriles is 1. The number of carbonyl (C=O) groups is 1. The fourth-order valence-corrected chi connectivity index (χ4v) is 6.56. The van der Waals surface area contributed by atoms with E-state index in [0.717, 1.165) is 86.2 Å². The zero-order valence-electron chi connectivity index (χ0n) is 24.3. The Bertz CT molecular complexity index is 1720. The summed E-state index contributed by atoms with van der Waals surface area (Å²) in [6.45, 7) is 8.72. The van der Waals surface area contributed by atoms with Crippen molar-refractivity contribution in [1.82, 2.24) is 19.4 Å². The maximum absolute atomic E-state index is 11.6. The number of hydrogen-bond donors (Lipinski definition) is 1. The molecule has 4 aromatic rings. The van der Waals surface area contributed by atoms with Crippen LogP contribution >= 0.6 is 0 Å². The third kappa shape index (κ3) is 5.31. The zero-order valence-corrected chi connectivity index (χ0v) is 24.3. The van der Waals surface area contributed by atoms with Crippen LogP contribution < -0.4 is 9.80 Å². The summed E-state index contributed by atoms with van der Waals surface area (Å²) in [5, 5.41) is 18.8. The first-order valence-corrected chi connectivity index (χ1v) is 15.0. The van der Waals surface area contributed by atoms with Gasteiger partial charge in [0.15, 0.2) is 0 Å². The number of ether oxygens (including phenoxy) is 1. The number of pyridine rings is 1. The molecule has 43 heavy (non-hydrogen) atoms. The minimum atomic E-state index is -0.932. The number of hydrogen-bond acceptors (Lipinski definition) is 8. The van der Waals surface area contributed by atoms with Gasteiger partial charge < -0.3 is 24.2 Å². The molecule has 5 heterocycles. The molecule has 0 radical (unpaired) electrons. The first-order chi connectivity index (χ1) is 21.0. The SMILES string of the molecule is C[C@@H]1c2ccc(C#N)cc2CCN1c1cccc(N2CCN(Cc3nc4ccc(C(=O)O)cc4n3C[C@@H]3CCO3)CC2)n1. The first kappa shape index (κ1) is 27.4. The zero-order chi connectivity index (χ0) is 29.5. The molecule has 0 spiro atoms. The van der Waals surface area contributed by atoms with Crippen molar-refractivity contribution in [3.05, 3.63) is 82.7 Å². The molecule has 2 aromatic carbocycles. The molecule has 0 aliphatic carbocycles. The van der Waals surface area contributed by atoms with Gasteiger partial charge in [-0.1, -0.05) is 12.1 Å². The molecule has 2 atom stereocenters. The van der Waals surface area contributed by atoms with E-state index < -0.39 is 5.97 Å². The van der Waals surface area contributed by atoms with Gasteiger partial charge >= 0.3 is 5.97 Å². The van der Waals surface area contributed by atoms with Crippen molar-refractivity contribution < 1.29 is 14.6 Å². The molecule has 2 saturated heterocycles. The molecule has 10 nitrogen and oxygen atoms in total. The molecular formula is C33H35N7O3. The highest BCUT2D eigenvalue weighted by Gasteiger charge is 2.27. The molecule has 3 aliphatic heterocycles. The van der Waals surface area contributed by atoms with Crippen LogP contribution in [0.5, 0.6) is 0 Å². The second-order valence-electron chi connectivity index (χ2n) is 11.7. The largest absolute Gasteiger partial charge is 0.478 e. The first-order valence-electron chi connectivity index (χ1n) is 15.0. The van der Waals surface area contributed by atoms with Gasteiger partial charge in [0.2, 0.25) is 0 Å². The van der Waals surface area contributed by atoms with E-state index in [9.17, 15) is 15.2 Å². The van der Waals surface area contributed by atoms with Gasteiger partial charge in [-0.05, 0) is 73.4 Å². The Balaban J connectivity index is 1.04. The van der Waals surface area contributed by atoms with Crippen LogP contribution in [0.15, 0.2) is 54.6 Å². The molecule has 220 valence electrons. The van der Waals surface area contributed by atoms with Crippen LogP contribution in [0.4, 0.5) is 11.6 Å². The smallest absolute Gasteiger partial charge is 0.335 e. The highest BCUT2D eigenvalue weighted by atomic mass is 16.5. The Kier molecular flexibility index (Phi) is 7.21. The molecule has 7 rings (SSSR count). The molecular weight excluding hydrogens is 542 g/mol. The fourth-order valence-electron chi connectivity index (χ4n) is 6.56. The number of carboxylic acids is 1. The van der Waals surface area contributed by atoms with Crippen LogP contribution in [0.25, 0.3) is 11.0 Å². The van der Waals surface area contributed by atoms with Crippen molar-refractivity contribution >= 4 is 28.6 Å². The predicted octanol–water partition coefficient (Wildman–Crippen LogP) is 4.24.